The van der Waals surface area contributed by atoms with Crippen LogP contribution >= 0.6 is 0 Å². The molecule has 6 heavy (non-hydrogen) atoms. The molecule has 0 amide bonds. The van der Waals surface area contributed by atoms with E-state index in [1.165, 1.54) is 0 Å². The van der Waals surface area contributed by atoms with Gasteiger partial charge in [-0.25, -0.2) is 0 Å². The molecule has 0 atom stereocenters. The van der Waals surface area contributed by atoms with Gasteiger partial charge in [0, 0.05) is 19.5 Å². The summed E-state index contributed by atoms with van der Waals surface area (Å²) in [6, 6.07) is 0. The SMILES string of the molecule is [B]1C=CC=C1.[Zn]. The molecule has 0 nitrogen and oxygen atoms in total. The Morgan fingerprint density at radius 2 is 1.50 bits per heavy atom. The van der Waals surface area contributed by atoms with Crippen molar-refractivity contribution in [1.82, 2.24) is 0 Å². The van der Waals surface area contributed by atoms with E-state index in [1.54, 1.807) is 0 Å². The van der Waals surface area contributed by atoms with Crippen molar-refractivity contribution in [3.8, 4) is 0 Å². The maximum absolute atomic E-state index is 2.00. The molecule has 2 heteroatoms. The van der Waals surface area contributed by atoms with Crippen molar-refractivity contribution in [2.75, 3.05) is 0 Å². The minimum absolute atomic E-state index is 0. The van der Waals surface area contributed by atoms with Gasteiger partial charge in [0.25, 0.3) is 0 Å². The second-order valence-electron chi connectivity index (χ2n) is 0.962. The van der Waals surface area contributed by atoms with Gasteiger partial charge in [-0.05, 0) is 0 Å². The quantitative estimate of drug-likeness (QED) is 0.422. The van der Waals surface area contributed by atoms with Gasteiger partial charge in [0.15, 0.2) is 7.28 Å². The van der Waals surface area contributed by atoms with Gasteiger partial charge < -0.3 is 0 Å². The molecular weight excluding hydrogens is 124 g/mol. The fourth-order valence-corrected chi connectivity index (χ4v) is 0.321. The number of rotatable bonds is 0. The van der Waals surface area contributed by atoms with Gasteiger partial charge >= 0.3 is 0 Å². The standard InChI is InChI=1S/C4H4B.Zn/c1-2-4-5-3-1;/h1-4H;. The molecule has 0 aromatic carbocycles. The summed E-state index contributed by atoms with van der Waals surface area (Å²) in [5.41, 5.74) is 0. The second-order valence-corrected chi connectivity index (χ2v) is 0.962. The van der Waals surface area contributed by atoms with E-state index in [0.717, 1.165) is 0 Å². The molecule has 0 fully saturated rings. The molecule has 1 aliphatic heterocycles. The van der Waals surface area contributed by atoms with Crippen molar-refractivity contribution < 1.29 is 19.5 Å². The predicted molar refractivity (Wildman–Crippen MR) is 24.0 cm³/mol. The average Bonchev–Trinajstić information content (AvgIpc) is 1.76. The summed E-state index contributed by atoms with van der Waals surface area (Å²) in [7, 11) is 2.00. The zero-order chi connectivity index (χ0) is 3.54. The van der Waals surface area contributed by atoms with Gasteiger partial charge in [-0.2, -0.15) is 0 Å². The summed E-state index contributed by atoms with van der Waals surface area (Å²) in [5.74, 6) is 4.00. The number of hydrogen-bond acceptors (Lipinski definition) is 0. The van der Waals surface area contributed by atoms with Crippen LogP contribution < -0.4 is 0 Å². The molecule has 1 rings (SSSR count). The summed E-state index contributed by atoms with van der Waals surface area (Å²) >= 11 is 0. The van der Waals surface area contributed by atoms with Gasteiger partial charge in [0.2, 0.25) is 0 Å². The zero-order valence-electron chi connectivity index (χ0n) is 3.59. The second kappa shape index (κ2) is 3.36. The molecule has 0 spiro atoms. The molecule has 0 aliphatic carbocycles. The summed E-state index contributed by atoms with van der Waals surface area (Å²) in [6.45, 7) is 0. The maximum Gasteiger partial charge on any atom is 0.171 e. The zero-order valence-corrected chi connectivity index (χ0v) is 6.56. The molecule has 0 N–H and O–H groups in total. The summed E-state index contributed by atoms with van der Waals surface area (Å²) < 4.78 is 0. The van der Waals surface area contributed by atoms with Crippen LogP contribution in [-0.4, -0.2) is 7.28 Å². The van der Waals surface area contributed by atoms with Crippen molar-refractivity contribution in [2.24, 2.45) is 0 Å². The first kappa shape index (κ1) is 6.17. The number of allylic oxidation sites excluding steroid dienone is 2. The van der Waals surface area contributed by atoms with Crippen molar-refractivity contribution >= 4 is 7.28 Å². The fraction of sp³-hybridized carbons (Fsp3) is 0. The molecule has 1 radical (unpaired) electrons. The Morgan fingerprint density at radius 1 is 1.00 bits per heavy atom. The van der Waals surface area contributed by atoms with Gasteiger partial charge in [0.05, 0.1) is 0 Å². The van der Waals surface area contributed by atoms with E-state index in [2.05, 4.69) is 0 Å². The van der Waals surface area contributed by atoms with Crippen LogP contribution in [0.15, 0.2) is 24.1 Å². The first-order valence-electron chi connectivity index (χ1n) is 1.67. The molecule has 0 aromatic heterocycles. The van der Waals surface area contributed by atoms with Crippen LogP contribution in [0.2, 0.25) is 0 Å². The van der Waals surface area contributed by atoms with E-state index < -0.39 is 0 Å². The summed E-state index contributed by atoms with van der Waals surface area (Å²) in [4.78, 5) is 0. The Morgan fingerprint density at radius 3 is 1.67 bits per heavy atom. The van der Waals surface area contributed by atoms with Crippen molar-refractivity contribution in [3.05, 3.63) is 24.1 Å². The Labute approximate surface area is 51.3 Å². The smallest absolute Gasteiger partial charge is 0.117 e. The van der Waals surface area contributed by atoms with Gasteiger partial charge in [0.1, 0.15) is 0 Å². The van der Waals surface area contributed by atoms with Gasteiger partial charge in [-0.15, -0.1) is 12.0 Å². The van der Waals surface area contributed by atoms with Crippen LogP contribution in [0.4, 0.5) is 0 Å². The average molecular weight is 128 g/mol. The van der Waals surface area contributed by atoms with Crippen LogP contribution in [0.1, 0.15) is 0 Å². The van der Waals surface area contributed by atoms with E-state index >= 15 is 0 Å². The van der Waals surface area contributed by atoms with E-state index in [-0.39, 0.29) is 19.5 Å². The predicted octanol–water partition coefficient (Wildman–Crippen LogP) is 0.729. The third-order valence-corrected chi connectivity index (χ3v) is 0.556. The van der Waals surface area contributed by atoms with Crippen molar-refractivity contribution in [3.63, 3.8) is 0 Å². The van der Waals surface area contributed by atoms with Crippen LogP contribution in [0, 0.1) is 0 Å². The van der Waals surface area contributed by atoms with Crippen LogP contribution in [0.3, 0.4) is 0 Å². The first-order chi connectivity index (χ1) is 2.50. The van der Waals surface area contributed by atoms with Crippen LogP contribution in [0.5, 0.6) is 0 Å². The van der Waals surface area contributed by atoms with Crippen LogP contribution in [-0.2, 0) is 19.5 Å². The fourth-order valence-electron chi connectivity index (χ4n) is 0.321. The molecule has 0 saturated carbocycles. The topological polar surface area (TPSA) is 0 Å². The Bertz CT molecular complexity index is 65.6. The van der Waals surface area contributed by atoms with E-state index in [0.29, 0.717) is 0 Å². The monoisotopic (exact) mass is 127 g/mol. The van der Waals surface area contributed by atoms with E-state index in [1.807, 2.05) is 31.4 Å². The Kier molecular flexibility index (Phi) is 3.46. The first-order valence-corrected chi connectivity index (χ1v) is 1.67. The summed E-state index contributed by atoms with van der Waals surface area (Å²) in [5, 5.41) is 0. The van der Waals surface area contributed by atoms with E-state index in [9.17, 15) is 0 Å². The Balaban J connectivity index is 0.000000250. The van der Waals surface area contributed by atoms with E-state index in [4.69, 9.17) is 0 Å². The minimum atomic E-state index is 0. The third-order valence-electron chi connectivity index (χ3n) is 0.556. The van der Waals surface area contributed by atoms with Gasteiger partial charge in [-0.3, -0.25) is 0 Å². The van der Waals surface area contributed by atoms with Crippen molar-refractivity contribution in [2.45, 2.75) is 0 Å². The molecule has 25 valence electrons. The molecule has 1 heterocycles. The number of hydrogen-bond donors (Lipinski definition) is 0. The molecule has 0 unspecified atom stereocenters. The molecular formula is C4H4BZn. The largest absolute Gasteiger partial charge is 0.171 e. The van der Waals surface area contributed by atoms with Crippen molar-refractivity contribution in [1.29, 1.82) is 0 Å². The molecule has 1 aliphatic rings. The van der Waals surface area contributed by atoms with Crippen LogP contribution in [0.25, 0.3) is 0 Å². The normalized spacial score (nSPS) is 13.3. The molecule has 0 aromatic rings. The van der Waals surface area contributed by atoms with Gasteiger partial charge in [-0.1, -0.05) is 12.2 Å². The third kappa shape index (κ3) is 1.57. The maximum atomic E-state index is 2.00. The molecule has 0 saturated heterocycles. The molecule has 0 bridgehead atoms. The Hall–Kier alpha value is 0.168. The minimum Gasteiger partial charge on any atom is -0.117 e. The summed E-state index contributed by atoms with van der Waals surface area (Å²) in [6.07, 6.45) is 4.00.